The highest BCUT2D eigenvalue weighted by Crippen LogP contribution is 2.23. The topological polar surface area (TPSA) is 69.6 Å². The fourth-order valence-electron chi connectivity index (χ4n) is 2.56. The zero-order valence-electron chi connectivity index (χ0n) is 11.4. The molecule has 104 valence electrons. The Morgan fingerprint density at radius 3 is 2.58 bits per heavy atom. The van der Waals surface area contributed by atoms with Crippen molar-refractivity contribution in [2.45, 2.75) is 12.8 Å². The quantitative estimate of drug-likeness (QED) is 0.873. The summed E-state index contributed by atoms with van der Waals surface area (Å²) >= 11 is 0. The zero-order valence-corrected chi connectivity index (χ0v) is 11.4. The van der Waals surface area contributed by atoms with E-state index in [1.807, 2.05) is 4.90 Å². The summed E-state index contributed by atoms with van der Waals surface area (Å²) in [6, 6.07) is 0. The second-order valence-electron chi connectivity index (χ2n) is 5.23. The SMILES string of the molecule is CN(C)CC1CCN(c2nccnc2C(=O)O)CC1. The van der Waals surface area contributed by atoms with Gasteiger partial charge in [0.05, 0.1) is 0 Å². The first-order chi connectivity index (χ1) is 9.08. The Labute approximate surface area is 113 Å². The minimum Gasteiger partial charge on any atom is -0.476 e. The molecule has 0 radical (unpaired) electrons. The van der Waals surface area contributed by atoms with Crippen molar-refractivity contribution in [2.75, 3.05) is 38.6 Å². The third-order valence-electron chi connectivity index (χ3n) is 3.42. The number of aromatic carboxylic acids is 1. The van der Waals surface area contributed by atoms with Crippen molar-refractivity contribution in [1.29, 1.82) is 0 Å². The Balaban J connectivity index is 2.04. The fourth-order valence-corrected chi connectivity index (χ4v) is 2.56. The van der Waals surface area contributed by atoms with Gasteiger partial charge in [0.15, 0.2) is 11.5 Å². The molecule has 1 saturated heterocycles. The van der Waals surface area contributed by atoms with Gasteiger partial charge in [-0.25, -0.2) is 14.8 Å². The van der Waals surface area contributed by atoms with Crippen LogP contribution in [0.4, 0.5) is 5.82 Å². The van der Waals surface area contributed by atoms with Crippen LogP contribution in [0.25, 0.3) is 0 Å². The van der Waals surface area contributed by atoms with Crippen LogP contribution in [-0.4, -0.2) is 59.7 Å². The number of hydrogen-bond donors (Lipinski definition) is 1. The highest BCUT2D eigenvalue weighted by atomic mass is 16.4. The molecule has 0 unspecified atom stereocenters. The van der Waals surface area contributed by atoms with Crippen LogP contribution in [0.1, 0.15) is 23.3 Å². The standard InChI is InChI=1S/C13H20N4O2/c1-16(2)9-10-3-7-17(8-4-10)12-11(13(18)19)14-5-6-15-12/h5-6,10H,3-4,7-9H2,1-2H3,(H,18,19). The summed E-state index contributed by atoms with van der Waals surface area (Å²) in [6.07, 6.45) is 5.10. The number of carboxylic acids is 1. The summed E-state index contributed by atoms with van der Waals surface area (Å²) in [5.74, 6) is 0.160. The lowest BCUT2D eigenvalue weighted by molar-refractivity contribution is 0.0690. The highest BCUT2D eigenvalue weighted by molar-refractivity contribution is 5.90. The summed E-state index contributed by atoms with van der Waals surface area (Å²) in [5, 5.41) is 9.13. The van der Waals surface area contributed by atoms with E-state index in [1.165, 1.54) is 6.20 Å². The molecule has 0 saturated carbocycles. The molecule has 2 heterocycles. The molecule has 1 aromatic rings. The molecular formula is C13H20N4O2. The van der Waals surface area contributed by atoms with E-state index in [1.54, 1.807) is 6.20 Å². The Hall–Kier alpha value is -1.69. The number of anilines is 1. The minimum absolute atomic E-state index is 0.0496. The second-order valence-corrected chi connectivity index (χ2v) is 5.23. The van der Waals surface area contributed by atoms with Crippen molar-refractivity contribution in [3.63, 3.8) is 0 Å². The average molecular weight is 264 g/mol. The van der Waals surface area contributed by atoms with E-state index >= 15 is 0 Å². The van der Waals surface area contributed by atoms with Crippen LogP contribution < -0.4 is 4.90 Å². The molecule has 0 aromatic carbocycles. The van der Waals surface area contributed by atoms with Gasteiger partial charge in [0, 0.05) is 32.0 Å². The van der Waals surface area contributed by atoms with Crippen LogP contribution in [0, 0.1) is 5.92 Å². The Bertz CT molecular complexity index is 442. The number of carboxylic acid groups (broad SMARTS) is 1. The van der Waals surface area contributed by atoms with Crippen LogP contribution in [0.2, 0.25) is 0 Å². The van der Waals surface area contributed by atoms with Gasteiger partial charge in [0.2, 0.25) is 0 Å². The van der Waals surface area contributed by atoms with Crippen LogP contribution >= 0.6 is 0 Å². The smallest absolute Gasteiger partial charge is 0.358 e. The predicted molar refractivity (Wildman–Crippen MR) is 72.5 cm³/mol. The highest BCUT2D eigenvalue weighted by Gasteiger charge is 2.24. The van der Waals surface area contributed by atoms with E-state index < -0.39 is 5.97 Å². The van der Waals surface area contributed by atoms with Gasteiger partial charge in [-0.3, -0.25) is 0 Å². The van der Waals surface area contributed by atoms with Gasteiger partial charge in [0.25, 0.3) is 0 Å². The molecule has 19 heavy (non-hydrogen) atoms. The number of carbonyl (C=O) groups is 1. The largest absolute Gasteiger partial charge is 0.476 e. The Morgan fingerprint density at radius 2 is 2.00 bits per heavy atom. The molecule has 0 amide bonds. The van der Waals surface area contributed by atoms with E-state index in [4.69, 9.17) is 5.11 Å². The maximum Gasteiger partial charge on any atom is 0.358 e. The molecule has 1 aliphatic rings. The second kappa shape index (κ2) is 5.97. The van der Waals surface area contributed by atoms with Crippen molar-refractivity contribution in [3.8, 4) is 0 Å². The molecule has 0 spiro atoms. The number of aromatic nitrogens is 2. The maximum absolute atomic E-state index is 11.1. The molecule has 0 bridgehead atoms. The zero-order chi connectivity index (χ0) is 13.8. The number of rotatable bonds is 4. The van der Waals surface area contributed by atoms with E-state index in [0.717, 1.165) is 32.5 Å². The van der Waals surface area contributed by atoms with E-state index in [2.05, 4.69) is 29.0 Å². The lowest BCUT2D eigenvalue weighted by Gasteiger charge is -2.34. The fraction of sp³-hybridized carbons (Fsp3) is 0.615. The van der Waals surface area contributed by atoms with Crippen LogP contribution in [-0.2, 0) is 0 Å². The lowest BCUT2D eigenvalue weighted by atomic mass is 9.96. The van der Waals surface area contributed by atoms with Crippen LogP contribution in [0.15, 0.2) is 12.4 Å². The molecule has 0 aliphatic carbocycles. The molecular weight excluding hydrogens is 244 g/mol. The van der Waals surface area contributed by atoms with Gasteiger partial charge in [-0.1, -0.05) is 0 Å². The van der Waals surface area contributed by atoms with Crippen LogP contribution in [0.5, 0.6) is 0 Å². The van der Waals surface area contributed by atoms with E-state index in [9.17, 15) is 4.79 Å². The van der Waals surface area contributed by atoms with Gasteiger partial charge >= 0.3 is 5.97 Å². The van der Waals surface area contributed by atoms with Crippen molar-refractivity contribution in [1.82, 2.24) is 14.9 Å². The third kappa shape index (κ3) is 3.41. The van der Waals surface area contributed by atoms with Gasteiger partial charge in [-0.15, -0.1) is 0 Å². The first-order valence-corrected chi connectivity index (χ1v) is 6.52. The molecule has 1 fully saturated rings. The number of nitrogens with zero attached hydrogens (tertiary/aromatic N) is 4. The average Bonchev–Trinajstić information content (AvgIpc) is 2.39. The molecule has 1 aliphatic heterocycles. The lowest BCUT2D eigenvalue weighted by Crippen LogP contribution is -2.38. The molecule has 6 heteroatoms. The molecule has 6 nitrogen and oxygen atoms in total. The van der Waals surface area contributed by atoms with Crippen molar-refractivity contribution < 1.29 is 9.90 Å². The van der Waals surface area contributed by atoms with Crippen LogP contribution in [0.3, 0.4) is 0 Å². The first-order valence-electron chi connectivity index (χ1n) is 6.52. The number of hydrogen-bond acceptors (Lipinski definition) is 5. The molecule has 1 aromatic heterocycles. The minimum atomic E-state index is -1.02. The van der Waals surface area contributed by atoms with E-state index in [-0.39, 0.29) is 5.69 Å². The van der Waals surface area contributed by atoms with Crippen molar-refractivity contribution in [3.05, 3.63) is 18.1 Å². The summed E-state index contributed by atoms with van der Waals surface area (Å²) in [6.45, 7) is 2.77. The first kappa shape index (κ1) is 13.7. The molecule has 2 rings (SSSR count). The van der Waals surface area contributed by atoms with E-state index in [0.29, 0.717) is 11.7 Å². The monoisotopic (exact) mass is 264 g/mol. The Kier molecular flexibility index (Phi) is 4.31. The van der Waals surface area contributed by atoms with Crippen molar-refractivity contribution >= 4 is 11.8 Å². The summed E-state index contributed by atoms with van der Waals surface area (Å²) in [5.41, 5.74) is 0.0496. The molecule has 1 N–H and O–H groups in total. The van der Waals surface area contributed by atoms with Gasteiger partial charge in [-0.05, 0) is 32.9 Å². The van der Waals surface area contributed by atoms with Gasteiger partial charge < -0.3 is 14.9 Å². The number of piperidine rings is 1. The third-order valence-corrected chi connectivity index (χ3v) is 3.42. The van der Waals surface area contributed by atoms with Crippen molar-refractivity contribution in [2.24, 2.45) is 5.92 Å². The normalized spacial score (nSPS) is 16.9. The van der Waals surface area contributed by atoms with Gasteiger partial charge in [0.1, 0.15) is 0 Å². The Morgan fingerprint density at radius 1 is 1.37 bits per heavy atom. The van der Waals surface area contributed by atoms with Gasteiger partial charge in [-0.2, -0.15) is 0 Å². The predicted octanol–water partition coefficient (Wildman–Crippen LogP) is 0.953. The summed E-state index contributed by atoms with van der Waals surface area (Å²) in [4.78, 5) is 23.5. The summed E-state index contributed by atoms with van der Waals surface area (Å²) < 4.78 is 0. The maximum atomic E-state index is 11.1. The molecule has 0 atom stereocenters. The summed E-state index contributed by atoms with van der Waals surface area (Å²) in [7, 11) is 4.16.